The molecule has 0 bridgehead atoms. The molecule has 0 amide bonds. The summed E-state index contributed by atoms with van der Waals surface area (Å²) >= 11 is 7.60. The first kappa shape index (κ1) is 13.4. The van der Waals surface area contributed by atoms with E-state index in [9.17, 15) is 0 Å². The Morgan fingerprint density at radius 1 is 1.15 bits per heavy atom. The molecule has 1 aromatic heterocycles. The lowest BCUT2D eigenvalue weighted by Gasteiger charge is -2.13. The fourth-order valence-electron chi connectivity index (χ4n) is 2.11. The number of hydrogen-bond donors (Lipinski definition) is 1. The number of nitrogens with zero attached hydrogens (tertiary/aromatic N) is 1. The highest BCUT2D eigenvalue weighted by Crippen LogP contribution is 2.29. The van der Waals surface area contributed by atoms with Gasteiger partial charge in [-0.3, -0.25) is 0 Å². The van der Waals surface area contributed by atoms with E-state index in [-0.39, 0.29) is 6.04 Å². The Kier molecular flexibility index (Phi) is 3.64. The van der Waals surface area contributed by atoms with Gasteiger partial charge in [0.25, 0.3) is 0 Å². The van der Waals surface area contributed by atoms with Crippen molar-refractivity contribution in [3.8, 4) is 0 Å². The molecule has 0 radical (unpaired) electrons. The molecule has 1 heterocycles. The largest absolute Gasteiger partial charge is 0.355 e. The normalized spacial score (nSPS) is 12.6. The number of halogens is 1. The number of fused-ring (bicyclic) bond motifs is 1. The summed E-state index contributed by atoms with van der Waals surface area (Å²) in [6.45, 7) is 4.23. The summed E-state index contributed by atoms with van der Waals surface area (Å²) in [6, 6.07) is 14.4. The van der Waals surface area contributed by atoms with Gasteiger partial charge in [0.1, 0.15) is 0 Å². The number of nitrogens with one attached hydrogen (secondary N) is 1. The van der Waals surface area contributed by atoms with Crippen LogP contribution in [0.3, 0.4) is 0 Å². The van der Waals surface area contributed by atoms with Crippen molar-refractivity contribution in [3.05, 3.63) is 58.6 Å². The number of thiazole rings is 1. The molecule has 102 valence electrons. The number of hydrogen-bond acceptors (Lipinski definition) is 3. The maximum atomic E-state index is 5.91. The average Bonchev–Trinajstić information content (AvgIpc) is 2.80. The first-order chi connectivity index (χ1) is 9.61. The summed E-state index contributed by atoms with van der Waals surface area (Å²) in [5, 5.41) is 5.16. The minimum absolute atomic E-state index is 0.203. The number of anilines is 1. The number of rotatable bonds is 3. The van der Waals surface area contributed by atoms with E-state index in [0.717, 1.165) is 15.7 Å². The molecule has 0 fully saturated rings. The summed E-state index contributed by atoms with van der Waals surface area (Å²) in [6.07, 6.45) is 0. The Morgan fingerprint density at radius 3 is 2.65 bits per heavy atom. The van der Waals surface area contributed by atoms with Gasteiger partial charge in [0, 0.05) is 5.02 Å². The van der Waals surface area contributed by atoms with E-state index in [4.69, 9.17) is 11.6 Å². The van der Waals surface area contributed by atoms with Crippen molar-refractivity contribution in [2.45, 2.75) is 19.9 Å². The predicted molar refractivity (Wildman–Crippen MR) is 87.8 cm³/mol. The molecule has 0 aliphatic carbocycles. The minimum Gasteiger partial charge on any atom is -0.355 e. The lowest BCUT2D eigenvalue weighted by atomic mass is 10.1. The molecule has 1 N–H and O–H groups in total. The quantitative estimate of drug-likeness (QED) is 0.697. The second-order valence-corrected chi connectivity index (χ2v) is 6.37. The molecule has 2 nitrogen and oxygen atoms in total. The lowest BCUT2D eigenvalue weighted by molar-refractivity contribution is 0.883. The van der Waals surface area contributed by atoms with Crippen LogP contribution >= 0.6 is 22.9 Å². The molecule has 1 unspecified atom stereocenters. The first-order valence-corrected chi connectivity index (χ1v) is 7.70. The third-order valence-electron chi connectivity index (χ3n) is 3.25. The summed E-state index contributed by atoms with van der Waals surface area (Å²) in [7, 11) is 0. The molecule has 0 saturated carbocycles. The molecular formula is C16H15ClN2S. The highest BCUT2D eigenvalue weighted by molar-refractivity contribution is 7.22. The molecule has 0 saturated heterocycles. The predicted octanol–water partition coefficient (Wildman–Crippen LogP) is 5.43. The van der Waals surface area contributed by atoms with Crippen molar-refractivity contribution in [3.63, 3.8) is 0 Å². The van der Waals surface area contributed by atoms with Gasteiger partial charge in [0.15, 0.2) is 5.13 Å². The van der Waals surface area contributed by atoms with Gasteiger partial charge in [-0.15, -0.1) is 0 Å². The molecular weight excluding hydrogens is 288 g/mol. The molecule has 0 aliphatic rings. The summed E-state index contributed by atoms with van der Waals surface area (Å²) in [5.41, 5.74) is 3.51. The van der Waals surface area contributed by atoms with Crippen LogP contribution in [0.1, 0.15) is 24.1 Å². The number of benzene rings is 2. The van der Waals surface area contributed by atoms with Gasteiger partial charge in [-0.2, -0.15) is 0 Å². The van der Waals surface area contributed by atoms with Crippen LogP contribution in [0.15, 0.2) is 42.5 Å². The Morgan fingerprint density at radius 2 is 1.90 bits per heavy atom. The molecule has 2 aromatic carbocycles. The van der Waals surface area contributed by atoms with E-state index >= 15 is 0 Å². The highest BCUT2D eigenvalue weighted by Gasteiger charge is 2.09. The van der Waals surface area contributed by atoms with Crippen LogP contribution in [0.5, 0.6) is 0 Å². The van der Waals surface area contributed by atoms with Crippen LogP contribution in [-0.4, -0.2) is 4.98 Å². The van der Waals surface area contributed by atoms with E-state index in [0.29, 0.717) is 0 Å². The first-order valence-electron chi connectivity index (χ1n) is 6.51. The van der Waals surface area contributed by atoms with Crippen LogP contribution in [0, 0.1) is 6.92 Å². The minimum atomic E-state index is 0.203. The zero-order chi connectivity index (χ0) is 14.1. The number of aromatic nitrogens is 1. The van der Waals surface area contributed by atoms with E-state index in [1.54, 1.807) is 11.3 Å². The Balaban J connectivity index is 1.83. The standard InChI is InChI=1S/C16H15ClN2S/c1-10-3-8-14-15(9-10)20-16(19-14)18-11(2)12-4-6-13(17)7-5-12/h3-9,11H,1-2H3,(H,18,19). The summed E-state index contributed by atoms with van der Waals surface area (Å²) in [5.74, 6) is 0. The van der Waals surface area contributed by atoms with Crippen LogP contribution < -0.4 is 5.32 Å². The van der Waals surface area contributed by atoms with Crippen molar-refractivity contribution >= 4 is 38.3 Å². The third-order valence-corrected chi connectivity index (χ3v) is 4.46. The van der Waals surface area contributed by atoms with Crippen LogP contribution in [0.2, 0.25) is 5.02 Å². The fourth-order valence-corrected chi connectivity index (χ4v) is 3.29. The molecule has 0 spiro atoms. The van der Waals surface area contributed by atoms with E-state index < -0.39 is 0 Å². The van der Waals surface area contributed by atoms with Crippen molar-refractivity contribution < 1.29 is 0 Å². The van der Waals surface area contributed by atoms with E-state index in [1.165, 1.54) is 15.8 Å². The maximum absolute atomic E-state index is 5.91. The maximum Gasteiger partial charge on any atom is 0.184 e. The SMILES string of the molecule is Cc1ccc2nc(NC(C)c3ccc(Cl)cc3)sc2c1. The Bertz CT molecular complexity index is 734. The van der Waals surface area contributed by atoms with Gasteiger partial charge in [-0.1, -0.05) is 41.1 Å². The molecule has 20 heavy (non-hydrogen) atoms. The molecule has 3 aromatic rings. The van der Waals surface area contributed by atoms with Crippen LogP contribution in [-0.2, 0) is 0 Å². The van der Waals surface area contributed by atoms with Crippen molar-refractivity contribution in [1.82, 2.24) is 4.98 Å². The lowest BCUT2D eigenvalue weighted by Crippen LogP contribution is -2.05. The van der Waals surface area contributed by atoms with Crippen LogP contribution in [0.25, 0.3) is 10.2 Å². The Hall–Kier alpha value is -1.58. The summed E-state index contributed by atoms with van der Waals surface area (Å²) in [4.78, 5) is 4.62. The fraction of sp³-hybridized carbons (Fsp3) is 0.188. The monoisotopic (exact) mass is 302 g/mol. The van der Waals surface area contributed by atoms with Gasteiger partial charge in [-0.05, 0) is 49.2 Å². The smallest absolute Gasteiger partial charge is 0.184 e. The molecule has 3 rings (SSSR count). The van der Waals surface area contributed by atoms with Crippen molar-refractivity contribution in [2.24, 2.45) is 0 Å². The zero-order valence-electron chi connectivity index (χ0n) is 11.4. The molecule has 1 atom stereocenters. The van der Waals surface area contributed by atoms with Crippen molar-refractivity contribution in [2.75, 3.05) is 5.32 Å². The average molecular weight is 303 g/mol. The van der Waals surface area contributed by atoms with Gasteiger partial charge in [0.05, 0.1) is 16.3 Å². The highest BCUT2D eigenvalue weighted by atomic mass is 35.5. The van der Waals surface area contributed by atoms with Gasteiger partial charge < -0.3 is 5.32 Å². The topological polar surface area (TPSA) is 24.9 Å². The Labute approximate surface area is 127 Å². The van der Waals surface area contributed by atoms with Gasteiger partial charge in [0.2, 0.25) is 0 Å². The zero-order valence-corrected chi connectivity index (χ0v) is 12.9. The summed E-state index contributed by atoms with van der Waals surface area (Å²) < 4.78 is 1.22. The van der Waals surface area contributed by atoms with Gasteiger partial charge >= 0.3 is 0 Å². The molecule has 4 heteroatoms. The second-order valence-electron chi connectivity index (χ2n) is 4.91. The van der Waals surface area contributed by atoms with E-state index in [2.05, 4.69) is 42.3 Å². The van der Waals surface area contributed by atoms with E-state index in [1.807, 2.05) is 24.3 Å². The van der Waals surface area contributed by atoms with Gasteiger partial charge in [-0.25, -0.2) is 4.98 Å². The molecule has 0 aliphatic heterocycles. The number of aryl methyl sites for hydroxylation is 1. The second kappa shape index (κ2) is 5.43. The third kappa shape index (κ3) is 2.79. The van der Waals surface area contributed by atoms with Crippen LogP contribution in [0.4, 0.5) is 5.13 Å². The van der Waals surface area contributed by atoms with Crippen molar-refractivity contribution in [1.29, 1.82) is 0 Å².